The van der Waals surface area contributed by atoms with Gasteiger partial charge in [-0.15, -0.1) is 11.8 Å². The molecule has 0 amide bonds. The van der Waals surface area contributed by atoms with Gasteiger partial charge in [-0.25, -0.2) is 4.39 Å². The van der Waals surface area contributed by atoms with Crippen LogP contribution in [0.3, 0.4) is 0 Å². The minimum atomic E-state index is -0.0896. The Bertz CT molecular complexity index is 388. The normalized spacial score (nSPS) is 18.2. The van der Waals surface area contributed by atoms with Crippen molar-refractivity contribution < 1.29 is 4.39 Å². The van der Waals surface area contributed by atoms with E-state index < -0.39 is 0 Å². The summed E-state index contributed by atoms with van der Waals surface area (Å²) in [6, 6.07) is 5.49. The Hall–Kier alpha value is -0.540. The number of nitrogens with one attached hydrogen (secondary N) is 1. The second-order valence-corrected chi connectivity index (χ2v) is 6.19. The summed E-state index contributed by atoms with van der Waals surface area (Å²) in [5.41, 5.74) is 0.822. The van der Waals surface area contributed by atoms with E-state index in [1.165, 1.54) is 25.7 Å². The SMILES string of the molecule is CNC(C)c1c(F)cccc1SCC1CCCC1. The van der Waals surface area contributed by atoms with Crippen LogP contribution in [0, 0.1) is 11.7 Å². The maximum absolute atomic E-state index is 13.9. The van der Waals surface area contributed by atoms with E-state index in [2.05, 4.69) is 5.32 Å². The molecule has 0 aromatic heterocycles. The van der Waals surface area contributed by atoms with E-state index in [1.54, 1.807) is 6.07 Å². The molecule has 18 heavy (non-hydrogen) atoms. The van der Waals surface area contributed by atoms with Crippen molar-refractivity contribution in [1.82, 2.24) is 5.32 Å². The van der Waals surface area contributed by atoms with Gasteiger partial charge in [0.05, 0.1) is 0 Å². The Morgan fingerprint density at radius 1 is 1.39 bits per heavy atom. The van der Waals surface area contributed by atoms with Crippen LogP contribution in [0.15, 0.2) is 23.1 Å². The van der Waals surface area contributed by atoms with Crippen LogP contribution in [-0.2, 0) is 0 Å². The molecule has 0 spiro atoms. The van der Waals surface area contributed by atoms with Crippen LogP contribution < -0.4 is 5.32 Å². The van der Waals surface area contributed by atoms with Gasteiger partial charge < -0.3 is 5.32 Å². The zero-order valence-corrected chi connectivity index (χ0v) is 12.0. The van der Waals surface area contributed by atoms with Crippen molar-refractivity contribution in [3.63, 3.8) is 0 Å². The summed E-state index contributed by atoms with van der Waals surface area (Å²) in [4.78, 5) is 1.10. The van der Waals surface area contributed by atoms with Crippen molar-refractivity contribution in [1.29, 1.82) is 0 Å². The Labute approximate surface area is 114 Å². The number of rotatable bonds is 5. The highest BCUT2D eigenvalue weighted by molar-refractivity contribution is 7.99. The van der Waals surface area contributed by atoms with E-state index in [1.807, 2.05) is 37.9 Å². The first kappa shape index (κ1) is 13.9. The van der Waals surface area contributed by atoms with Crippen molar-refractivity contribution in [3.8, 4) is 0 Å². The molecular weight excluding hydrogens is 245 g/mol. The third kappa shape index (κ3) is 3.27. The van der Waals surface area contributed by atoms with Gasteiger partial charge in [-0.2, -0.15) is 0 Å². The lowest BCUT2D eigenvalue weighted by Crippen LogP contribution is -2.15. The summed E-state index contributed by atoms with van der Waals surface area (Å²) in [5.74, 6) is 1.87. The molecule has 1 aliphatic rings. The predicted octanol–water partition coefficient (Wildman–Crippen LogP) is 4.39. The summed E-state index contributed by atoms with van der Waals surface area (Å²) in [6.45, 7) is 2.01. The summed E-state index contributed by atoms with van der Waals surface area (Å²) < 4.78 is 13.9. The molecule has 1 fully saturated rings. The minimum absolute atomic E-state index is 0.0669. The fourth-order valence-corrected chi connectivity index (χ4v) is 3.95. The number of hydrogen-bond acceptors (Lipinski definition) is 2. The molecule has 0 saturated heterocycles. The minimum Gasteiger partial charge on any atom is -0.313 e. The van der Waals surface area contributed by atoms with E-state index in [0.717, 1.165) is 22.1 Å². The van der Waals surface area contributed by atoms with Gasteiger partial charge in [0.2, 0.25) is 0 Å². The molecule has 1 aromatic rings. The molecule has 0 aliphatic heterocycles. The first-order valence-corrected chi connectivity index (χ1v) is 7.79. The fraction of sp³-hybridized carbons (Fsp3) is 0.600. The van der Waals surface area contributed by atoms with Gasteiger partial charge in [0.1, 0.15) is 5.82 Å². The molecule has 2 rings (SSSR count). The lowest BCUT2D eigenvalue weighted by molar-refractivity contribution is 0.551. The molecule has 1 aliphatic carbocycles. The Balaban J connectivity index is 2.08. The highest BCUT2D eigenvalue weighted by atomic mass is 32.2. The fourth-order valence-electron chi connectivity index (χ4n) is 2.59. The Morgan fingerprint density at radius 3 is 2.78 bits per heavy atom. The van der Waals surface area contributed by atoms with Crippen molar-refractivity contribution in [2.75, 3.05) is 12.8 Å². The van der Waals surface area contributed by atoms with Gasteiger partial charge in [0.15, 0.2) is 0 Å². The number of benzene rings is 1. The van der Waals surface area contributed by atoms with Crippen LogP contribution in [0.5, 0.6) is 0 Å². The summed E-state index contributed by atoms with van der Waals surface area (Å²) in [7, 11) is 1.88. The molecule has 0 heterocycles. The van der Waals surface area contributed by atoms with E-state index in [9.17, 15) is 4.39 Å². The average Bonchev–Trinajstić information content (AvgIpc) is 2.88. The monoisotopic (exact) mass is 267 g/mol. The molecule has 1 unspecified atom stereocenters. The second-order valence-electron chi connectivity index (χ2n) is 5.12. The number of thioether (sulfide) groups is 1. The molecular formula is C15H22FNS. The molecule has 0 radical (unpaired) electrons. The molecule has 1 saturated carbocycles. The van der Waals surface area contributed by atoms with Crippen LogP contribution in [-0.4, -0.2) is 12.8 Å². The molecule has 0 bridgehead atoms. The maximum atomic E-state index is 13.9. The predicted molar refractivity (Wildman–Crippen MR) is 76.6 cm³/mol. The smallest absolute Gasteiger partial charge is 0.129 e. The topological polar surface area (TPSA) is 12.0 Å². The van der Waals surface area contributed by atoms with Gasteiger partial charge in [0, 0.05) is 22.3 Å². The Morgan fingerprint density at radius 2 is 2.11 bits per heavy atom. The van der Waals surface area contributed by atoms with E-state index in [4.69, 9.17) is 0 Å². The number of halogens is 1. The van der Waals surface area contributed by atoms with Crippen molar-refractivity contribution >= 4 is 11.8 Å². The lowest BCUT2D eigenvalue weighted by Gasteiger charge is -2.17. The lowest BCUT2D eigenvalue weighted by atomic mass is 10.1. The highest BCUT2D eigenvalue weighted by Gasteiger charge is 2.18. The van der Waals surface area contributed by atoms with Crippen LogP contribution in [0.4, 0.5) is 4.39 Å². The van der Waals surface area contributed by atoms with E-state index in [-0.39, 0.29) is 11.9 Å². The largest absolute Gasteiger partial charge is 0.313 e. The quantitative estimate of drug-likeness (QED) is 0.794. The molecule has 1 aromatic carbocycles. The van der Waals surface area contributed by atoms with Gasteiger partial charge in [-0.3, -0.25) is 0 Å². The van der Waals surface area contributed by atoms with Gasteiger partial charge in [-0.05, 0) is 44.9 Å². The second kappa shape index (κ2) is 6.58. The molecule has 1 atom stereocenters. The summed E-state index contributed by atoms with van der Waals surface area (Å²) in [6.07, 6.45) is 5.43. The van der Waals surface area contributed by atoms with Crippen LogP contribution in [0.1, 0.15) is 44.2 Å². The average molecular weight is 267 g/mol. The number of hydrogen-bond donors (Lipinski definition) is 1. The van der Waals surface area contributed by atoms with Crippen molar-refractivity contribution in [2.45, 2.75) is 43.5 Å². The third-order valence-corrected chi connectivity index (χ3v) is 5.13. The van der Waals surface area contributed by atoms with E-state index in [0.29, 0.717) is 0 Å². The molecule has 100 valence electrons. The summed E-state index contributed by atoms with van der Waals surface area (Å²) in [5, 5.41) is 3.14. The van der Waals surface area contributed by atoms with Crippen LogP contribution >= 0.6 is 11.8 Å². The van der Waals surface area contributed by atoms with Crippen LogP contribution in [0.2, 0.25) is 0 Å². The molecule has 1 N–H and O–H groups in total. The van der Waals surface area contributed by atoms with Crippen molar-refractivity contribution in [3.05, 3.63) is 29.6 Å². The highest BCUT2D eigenvalue weighted by Crippen LogP contribution is 2.34. The molecule has 1 nitrogen and oxygen atoms in total. The van der Waals surface area contributed by atoms with Gasteiger partial charge in [0.25, 0.3) is 0 Å². The first-order valence-electron chi connectivity index (χ1n) is 6.81. The van der Waals surface area contributed by atoms with Crippen molar-refractivity contribution in [2.24, 2.45) is 5.92 Å². The van der Waals surface area contributed by atoms with Gasteiger partial charge in [-0.1, -0.05) is 18.9 Å². The standard InChI is InChI=1S/C15H22FNS/c1-11(17-2)15-13(16)8-5-9-14(15)18-10-12-6-3-4-7-12/h5,8-9,11-12,17H,3-4,6-7,10H2,1-2H3. The Kier molecular flexibility index (Phi) is 5.07. The molecule has 3 heteroatoms. The van der Waals surface area contributed by atoms with E-state index >= 15 is 0 Å². The first-order chi connectivity index (χ1) is 8.72. The zero-order chi connectivity index (χ0) is 13.0. The zero-order valence-electron chi connectivity index (χ0n) is 11.2. The third-order valence-electron chi connectivity index (χ3n) is 3.83. The maximum Gasteiger partial charge on any atom is 0.129 e. The van der Waals surface area contributed by atoms with Crippen LogP contribution in [0.25, 0.3) is 0 Å². The van der Waals surface area contributed by atoms with Gasteiger partial charge >= 0.3 is 0 Å². The summed E-state index contributed by atoms with van der Waals surface area (Å²) >= 11 is 1.82.